The molecule has 8 rings (SSSR count). The number of benzene rings is 2. The van der Waals surface area contributed by atoms with Crippen LogP contribution in [0.15, 0.2) is 60.8 Å². The van der Waals surface area contributed by atoms with Crippen LogP contribution in [-0.4, -0.2) is 81.9 Å². The number of carbonyl (C=O) groups is 4. The molecule has 1 saturated carbocycles. The number of amides is 4. The molecule has 0 spiro atoms. The third kappa shape index (κ3) is 8.19. The van der Waals surface area contributed by atoms with E-state index < -0.39 is 11.9 Å². The van der Waals surface area contributed by atoms with Crippen molar-refractivity contribution in [1.82, 2.24) is 30.1 Å². The molecule has 13 nitrogen and oxygen atoms in total. The van der Waals surface area contributed by atoms with Gasteiger partial charge in [0.2, 0.25) is 11.8 Å². The second-order valence-electron chi connectivity index (χ2n) is 14.8. The molecular formula is C41H51N9O4. The van der Waals surface area contributed by atoms with Crippen molar-refractivity contribution in [3.8, 4) is 0 Å². The first-order valence-corrected chi connectivity index (χ1v) is 19.5. The van der Waals surface area contributed by atoms with Crippen LogP contribution in [-0.2, 0) is 22.6 Å². The molecule has 13 heteroatoms. The van der Waals surface area contributed by atoms with Gasteiger partial charge in [0, 0.05) is 91.6 Å². The Kier molecular flexibility index (Phi) is 11.4. The van der Waals surface area contributed by atoms with Crippen LogP contribution in [0, 0.1) is 5.92 Å². The lowest BCUT2D eigenvalue weighted by atomic mass is 9.96. The first-order chi connectivity index (χ1) is 26.3. The van der Waals surface area contributed by atoms with Crippen LogP contribution in [0.4, 0.5) is 17.2 Å². The molecule has 5 heterocycles. The zero-order valence-electron chi connectivity index (χ0n) is 31.3. The number of fused-ring (bicyclic) bond motifs is 2. The summed E-state index contributed by atoms with van der Waals surface area (Å²) in [5.74, 6) is 0.692. The molecule has 2 aromatic carbocycles. The number of piperidine rings is 2. The molecule has 4 aliphatic rings. The molecule has 2 aromatic heterocycles. The summed E-state index contributed by atoms with van der Waals surface area (Å²) in [6, 6.07) is 17.5. The third-order valence-corrected chi connectivity index (χ3v) is 11.1. The number of hydrogen-bond acceptors (Lipinski definition) is 9. The molecule has 0 radical (unpaired) electrons. The summed E-state index contributed by atoms with van der Waals surface area (Å²) in [4.78, 5) is 57.2. The van der Waals surface area contributed by atoms with Crippen molar-refractivity contribution < 1.29 is 19.2 Å². The van der Waals surface area contributed by atoms with E-state index in [9.17, 15) is 19.2 Å². The van der Waals surface area contributed by atoms with Crippen molar-refractivity contribution in [2.75, 3.05) is 42.2 Å². The number of nitrogens with one attached hydrogen (secondary N) is 4. The molecule has 3 aliphatic heterocycles. The fourth-order valence-corrected chi connectivity index (χ4v) is 8.10. The number of imide groups is 1. The number of anilines is 3. The van der Waals surface area contributed by atoms with Gasteiger partial charge in [-0.15, -0.1) is 0 Å². The fraction of sp³-hybridized carbons (Fsp3) is 0.463. The summed E-state index contributed by atoms with van der Waals surface area (Å²) in [7, 11) is 1.63. The normalized spacial score (nSPS) is 19.0. The molecule has 4 amide bonds. The lowest BCUT2D eigenvalue weighted by Gasteiger charge is -2.34. The summed E-state index contributed by atoms with van der Waals surface area (Å²) < 4.78 is 1.91. The predicted molar refractivity (Wildman–Crippen MR) is 209 cm³/mol. The zero-order valence-corrected chi connectivity index (χ0v) is 31.3. The standard InChI is InChI=1S/C27H31N5O4.C14H20N4/c1-28-25(34)18-5-7-19(8-6-18)31-13-11-17(12-14-31)15-29-22-4-2-3-20-21(22)16-32(27(20)36)23-9-10-24(33)30-26(23)35;1-2-5-12-10-14(16-11-6-3-4-7-11)18-13(17-12)8-9-15-18/h2-8,17,23,29H,9-16H2,1H3,(H,28,34)(H,30,33,35);8-11,16H,2-7H2,1H3. The van der Waals surface area contributed by atoms with E-state index in [1.54, 1.807) is 11.9 Å². The van der Waals surface area contributed by atoms with Crippen molar-refractivity contribution in [3.05, 3.63) is 83.2 Å². The van der Waals surface area contributed by atoms with Crippen LogP contribution < -0.4 is 26.2 Å². The Morgan fingerprint density at radius 1 is 0.963 bits per heavy atom. The molecule has 1 atom stereocenters. The van der Waals surface area contributed by atoms with E-state index in [4.69, 9.17) is 0 Å². The largest absolute Gasteiger partial charge is 0.384 e. The minimum Gasteiger partial charge on any atom is -0.384 e. The maximum atomic E-state index is 13.0. The van der Waals surface area contributed by atoms with E-state index in [0.717, 1.165) is 79.4 Å². The summed E-state index contributed by atoms with van der Waals surface area (Å²) in [6.07, 6.45) is 11.9. The number of rotatable bonds is 10. The van der Waals surface area contributed by atoms with Gasteiger partial charge in [-0.05, 0) is 80.8 Å². The van der Waals surface area contributed by atoms with Crippen molar-refractivity contribution in [1.29, 1.82) is 0 Å². The Bertz CT molecular complexity index is 1980. The SMILES string of the molecule is CCCc1cc(NC2CCCC2)n2nccc2n1.CNC(=O)c1ccc(N2CCC(CNc3cccc4c3CN(C3CCC(=O)NC3=O)C4=O)CC2)cc1. The van der Waals surface area contributed by atoms with Crippen molar-refractivity contribution >= 4 is 46.5 Å². The van der Waals surface area contributed by atoms with E-state index in [-0.39, 0.29) is 24.1 Å². The molecule has 54 heavy (non-hydrogen) atoms. The highest BCUT2D eigenvalue weighted by Crippen LogP contribution is 2.33. The molecule has 1 unspecified atom stereocenters. The number of aryl methyl sites for hydroxylation is 1. The van der Waals surface area contributed by atoms with Crippen molar-refractivity contribution in [2.45, 2.75) is 89.8 Å². The van der Waals surface area contributed by atoms with Crippen LogP contribution in [0.3, 0.4) is 0 Å². The smallest absolute Gasteiger partial charge is 0.255 e. The van der Waals surface area contributed by atoms with Gasteiger partial charge in [0.15, 0.2) is 5.65 Å². The molecule has 4 N–H and O–H groups in total. The lowest BCUT2D eigenvalue weighted by molar-refractivity contribution is -0.136. The zero-order chi connectivity index (χ0) is 37.6. The van der Waals surface area contributed by atoms with Crippen molar-refractivity contribution in [2.24, 2.45) is 5.92 Å². The molecule has 2 saturated heterocycles. The van der Waals surface area contributed by atoms with E-state index in [1.807, 2.05) is 59.2 Å². The Morgan fingerprint density at radius 2 is 1.74 bits per heavy atom. The van der Waals surface area contributed by atoms with Crippen LogP contribution in [0.1, 0.15) is 96.7 Å². The first-order valence-electron chi connectivity index (χ1n) is 19.5. The number of aromatic nitrogens is 3. The van der Waals surface area contributed by atoms with Crippen LogP contribution in [0.25, 0.3) is 5.65 Å². The van der Waals surface area contributed by atoms with E-state index in [1.165, 1.54) is 25.7 Å². The molecule has 284 valence electrons. The molecule has 4 aromatic rings. The topological polar surface area (TPSA) is 153 Å². The van der Waals surface area contributed by atoms with Crippen LogP contribution >= 0.6 is 0 Å². The van der Waals surface area contributed by atoms with Crippen LogP contribution in [0.5, 0.6) is 0 Å². The third-order valence-electron chi connectivity index (χ3n) is 11.1. The Balaban J connectivity index is 0.000000208. The van der Waals surface area contributed by atoms with Gasteiger partial charge in [-0.25, -0.2) is 4.98 Å². The molecule has 1 aliphatic carbocycles. The Morgan fingerprint density at radius 3 is 2.46 bits per heavy atom. The molecule has 3 fully saturated rings. The van der Waals surface area contributed by atoms with Gasteiger partial charge in [0.1, 0.15) is 11.9 Å². The Hall–Kier alpha value is -5.46. The van der Waals surface area contributed by atoms with Gasteiger partial charge in [-0.3, -0.25) is 24.5 Å². The minimum absolute atomic E-state index is 0.0827. The average Bonchev–Trinajstić information content (AvgIpc) is 3.96. The van der Waals surface area contributed by atoms with Gasteiger partial charge in [0.05, 0.1) is 6.20 Å². The highest BCUT2D eigenvalue weighted by molar-refractivity contribution is 6.06. The number of nitrogens with zero attached hydrogens (tertiary/aromatic N) is 5. The predicted octanol–water partition coefficient (Wildman–Crippen LogP) is 5.17. The van der Waals surface area contributed by atoms with Gasteiger partial charge < -0.3 is 25.8 Å². The highest BCUT2D eigenvalue weighted by atomic mass is 16.2. The average molecular weight is 734 g/mol. The number of hydrogen-bond donors (Lipinski definition) is 4. The van der Waals surface area contributed by atoms with Crippen molar-refractivity contribution in [3.63, 3.8) is 0 Å². The Labute approximate surface area is 316 Å². The first kappa shape index (κ1) is 36.9. The lowest BCUT2D eigenvalue weighted by Crippen LogP contribution is -2.52. The maximum absolute atomic E-state index is 13.0. The van der Waals surface area contributed by atoms with Gasteiger partial charge in [0.25, 0.3) is 11.8 Å². The van der Waals surface area contributed by atoms with Gasteiger partial charge in [-0.1, -0.05) is 32.3 Å². The second-order valence-corrected chi connectivity index (χ2v) is 14.8. The van der Waals surface area contributed by atoms with E-state index >= 15 is 0 Å². The van der Waals surface area contributed by atoms with Gasteiger partial charge >= 0.3 is 0 Å². The van der Waals surface area contributed by atoms with E-state index in [2.05, 4.69) is 49.2 Å². The maximum Gasteiger partial charge on any atom is 0.255 e. The quantitative estimate of drug-likeness (QED) is 0.162. The van der Waals surface area contributed by atoms with Crippen LogP contribution in [0.2, 0.25) is 0 Å². The fourth-order valence-electron chi connectivity index (χ4n) is 8.10. The highest BCUT2D eigenvalue weighted by Gasteiger charge is 2.40. The summed E-state index contributed by atoms with van der Waals surface area (Å²) >= 11 is 0. The summed E-state index contributed by atoms with van der Waals surface area (Å²) in [5.41, 5.74) is 6.36. The van der Waals surface area contributed by atoms with Gasteiger partial charge in [-0.2, -0.15) is 9.61 Å². The monoisotopic (exact) mass is 733 g/mol. The molecule has 0 bridgehead atoms. The van der Waals surface area contributed by atoms with E-state index in [0.29, 0.717) is 36.1 Å². The summed E-state index contributed by atoms with van der Waals surface area (Å²) in [5, 5.41) is 16.5. The minimum atomic E-state index is -0.606. The second kappa shape index (κ2) is 16.7. The molecular weight excluding hydrogens is 683 g/mol. The number of carbonyl (C=O) groups excluding carboxylic acids is 4. The summed E-state index contributed by atoms with van der Waals surface area (Å²) in [6.45, 7) is 5.26.